The molecule has 0 fully saturated rings. The van der Waals surface area contributed by atoms with Crippen molar-refractivity contribution in [2.45, 2.75) is 6.54 Å². The van der Waals surface area contributed by atoms with Crippen LogP contribution in [-0.4, -0.2) is 12.0 Å². The van der Waals surface area contributed by atoms with E-state index in [1.165, 1.54) is 31.4 Å². The largest absolute Gasteiger partial charge is 0.494 e. The lowest BCUT2D eigenvalue weighted by molar-refractivity contribution is -0.384. The Labute approximate surface area is 125 Å². The quantitative estimate of drug-likeness (QED) is 0.669. The Bertz CT molecular complexity index is 679. The molecular formula is C14H12ClFN2O3. The summed E-state index contributed by atoms with van der Waals surface area (Å²) in [4.78, 5) is 10.2. The van der Waals surface area contributed by atoms with Gasteiger partial charge in [-0.2, -0.15) is 0 Å². The van der Waals surface area contributed by atoms with Gasteiger partial charge in [-0.15, -0.1) is 0 Å². The molecule has 0 aromatic heterocycles. The molecule has 0 aliphatic carbocycles. The van der Waals surface area contributed by atoms with Crippen LogP contribution in [0.5, 0.6) is 5.75 Å². The van der Waals surface area contributed by atoms with Gasteiger partial charge < -0.3 is 10.1 Å². The van der Waals surface area contributed by atoms with Crippen LogP contribution in [0.3, 0.4) is 0 Å². The Morgan fingerprint density at radius 3 is 2.81 bits per heavy atom. The van der Waals surface area contributed by atoms with Crippen molar-refractivity contribution < 1.29 is 14.1 Å². The molecule has 21 heavy (non-hydrogen) atoms. The van der Waals surface area contributed by atoms with E-state index in [0.717, 1.165) is 0 Å². The maximum absolute atomic E-state index is 13.8. The Kier molecular flexibility index (Phi) is 4.59. The first kappa shape index (κ1) is 15.1. The summed E-state index contributed by atoms with van der Waals surface area (Å²) < 4.78 is 18.9. The molecule has 2 aromatic carbocycles. The number of nitrogens with one attached hydrogen (secondary N) is 1. The van der Waals surface area contributed by atoms with E-state index in [2.05, 4.69) is 5.32 Å². The van der Waals surface area contributed by atoms with E-state index in [-0.39, 0.29) is 17.3 Å². The minimum Gasteiger partial charge on any atom is -0.494 e. The monoisotopic (exact) mass is 310 g/mol. The van der Waals surface area contributed by atoms with E-state index < -0.39 is 10.7 Å². The molecule has 2 rings (SSSR count). The van der Waals surface area contributed by atoms with Gasteiger partial charge >= 0.3 is 0 Å². The van der Waals surface area contributed by atoms with Gasteiger partial charge in [0.1, 0.15) is 11.6 Å². The first-order valence-electron chi connectivity index (χ1n) is 6.02. The number of halogens is 2. The van der Waals surface area contributed by atoms with E-state index >= 15 is 0 Å². The fourth-order valence-corrected chi connectivity index (χ4v) is 2.01. The first-order valence-corrected chi connectivity index (χ1v) is 6.40. The summed E-state index contributed by atoms with van der Waals surface area (Å²) in [5.74, 6) is -0.181. The molecule has 0 bridgehead atoms. The van der Waals surface area contributed by atoms with E-state index in [1.807, 2.05) is 0 Å². The summed E-state index contributed by atoms with van der Waals surface area (Å²) in [5, 5.41) is 13.7. The predicted octanol–water partition coefficient (Wildman–Crippen LogP) is 4.01. The van der Waals surface area contributed by atoms with Crippen molar-refractivity contribution in [1.29, 1.82) is 0 Å². The summed E-state index contributed by atoms with van der Waals surface area (Å²) in [5.41, 5.74) is 0.844. The standard InChI is InChI=1S/C14H12ClFN2O3/c1-21-13-7-10(18(19)20)5-6-12(13)17-8-9-3-2-4-11(15)14(9)16/h2-7,17H,8H2,1H3. The molecule has 1 N–H and O–H groups in total. The van der Waals surface area contributed by atoms with Gasteiger partial charge in [-0.25, -0.2) is 4.39 Å². The Morgan fingerprint density at radius 2 is 2.14 bits per heavy atom. The fourth-order valence-electron chi connectivity index (χ4n) is 1.81. The third kappa shape index (κ3) is 3.41. The summed E-state index contributed by atoms with van der Waals surface area (Å²) in [6.07, 6.45) is 0. The second-order valence-corrected chi connectivity index (χ2v) is 4.62. The molecule has 5 nitrogen and oxygen atoms in total. The number of ether oxygens (including phenoxy) is 1. The highest BCUT2D eigenvalue weighted by atomic mass is 35.5. The SMILES string of the molecule is COc1cc([N+](=O)[O-])ccc1NCc1cccc(Cl)c1F. The van der Waals surface area contributed by atoms with Gasteiger partial charge in [0.2, 0.25) is 0 Å². The number of non-ortho nitro benzene ring substituents is 1. The van der Waals surface area contributed by atoms with Gasteiger partial charge in [0, 0.05) is 18.2 Å². The summed E-state index contributed by atoms with van der Waals surface area (Å²) >= 11 is 5.71. The van der Waals surface area contributed by atoms with Gasteiger partial charge in [-0.1, -0.05) is 23.7 Å². The number of rotatable bonds is 5. The van der Waals surface area contributed by atoms with E-state index in [9.17, 15) is 14.5 Å². The highest BCUT2D eigenvalue weighted by molar-refractivity contribution is 6.30. The van der Waals surface area contributed by atoms with Crippen LogP contribution in [0.2, 0.25) is 5.02 Å². The maximum atomic E-state index is 13.8. The highest BCUT2D eigenvalue weighted by Gasteiger charge is 2.12. The lowest BCUT2D eigenvalue weighted by atomic mass is 10.2. The molecule has 0 saturated carbocycles. The van der Waals surface area contributed by atoms with Crippen molar-refractivity contribution in [3.63, 3.8) is 0 Å². The number of nitro groups is 1. The normalized spacial score (nSPS) is 10.2. The molecule has 0 atom stereocenters. The Balaban J connectivity index is 2.20. The van der Waals surface area contributed by atoms with Crippen LogP contribution in [0.1, 0.15) is 5.56 Å². The molecule has 0 aliphatic rings. The fraction of sp³-hybridized carbons (Fsp3) is 0.143. The summed E-state index contributed by atoms with van der Waals surface area (Å²) in [6, 6.07) is 8.88. The van der Waals surface area contributed by atoms with Gasteiger partial charge in [0.05, 0.1) is 28.8 Å². The zero-order valence-electron chi connectivity index (χ0n) is 11.1. The van der Waals surface area contributed by atoms with Crippen molar-refractivity contribution in [2.24, 2.45) is 0 Å². The van der Waals surface area contributed by atoms with Gasteiger partial charge in [0.25, 0.3) is 5.69 Å². The number of benzene rings is 2. The predicted molar refractivity (Wildman–Crippen MR) is 78.4 cm³/mol. The van der Waals surface area contributed by atoms with Crippen LogP contribution in [-0.2, 0) is 6.54 Å². The molecule has 0 heterocycles. The number of nitro benzene ring substituents is 1. The van der Waals surface area contributed by atoms with E-state index in [0.29, 0.717) is 17.0 Å². The average Bonchev–Trinajstić information content (AvgIpc) is 2.48. The first-order chi connectivity index (χ1) is 10.0. The van der Waals surface area contributed by atoms with Crippen LogP contribution in [0.25, 0.3) is 0 Å². The van der Waals surface area contributed by atoms with Gasteiger partial charge in [-0.05, 0) is 12.1 Å². The minimum absolute atomic E-state index is 0.0463. The van der Waals surface area contributed by atoms with Crippen LogP contribution >= 0.6 is 11.6 Å². The van der Waals surface area contributed by atoms with E-state index in [4.69, 9.17) is 16.3 Å². The highest BCUT2D eigenvalue weighted by Crippen LogP contribution is 2.29. The average molecular weight is 311 g/mol. The second-order valence-electron chi connectivity index (χ2n) is 4.21. The number of anilines is 1. The van der Waals surface area contributed by atoms with E-state index in [1.54, 1.807) is 12.1 Å². The molecule has 0 saturated heterocycles. The summed E-state index contributed by atoms with van der Waals surface area (Å²) in [6.45, 7) is 0.181. The van der Waals surface area contributed by atoms with Crippen molar-refractivity contribution in [3.8, 4) is 5.75 Å². The maximum Gasteiger partial charge on any atom is 0.273 e. The molecule has 0 amide bonds. The lowest BCUT2D eigenvalue weighted by Crippen LogP contribution is -2.04. The minimum atomic E-state index is -0.511. The lowest BCUT2D eigenvalue weighted by Gasteiger charge is -2.11. The topological polar surface area (TPSA) is 64.4 Å². The third-order valence-corrected chi connectivity index (χ3v) is 3.19. The van der Waals surface area contributed by atoms with Crippen molar-refractivity contribution >= 4 is 23.0 Å². The second kappa shape index (κ2) is 6.41. The molecule has 0 radical (unpaired) electrons. The molecular weight excluding hydrogens is 299 g/mol. The molecule has 7 heteroatoms. The molecule has 0 unspecified atom stereocenters. The zero-order chi connectivity index (χ0) is 15.4. The van der Waals surface area contributed by atoms with Gasteiger partial charge in [0.15, 0.2) is 0 Å². The van der Waals surface area contributed by atoms with Crippen molar-refractivity contribution in [2.75, 3.05) is 12.4 Å². The number of nitrogens with zero attached hydrogens (tertiary/aromatic N) is 1. The molecule has 110 valence electrons. The van der Waals surface area contributed by atoms with Crippen molar-refractivity contribution in [1.82, 2.24) is 0 Å². The smallest absolute Gasteiger partial charge is 0.273 e. The zero-order valence-corrected chi connectivity index (χ0v) is 11.9. The van der Waals surface area contributed by atoms with Crippen LogP contribution in [0.15, 0.2) is 36.4 Å². The number of methoxy groups -OCH3 is 1. The number of hydrogen-bond acceptors (Lipinski definition) is 4. The van der Waals surface area contributed by atoms with Crippen LogP contribution < -0.4 is 10.1 Å². The Hall–Kier alpha value is -2.34. The molecule has 2 aromatic rings. The van der Waals surface area contributed by atoms with Gasteiger partial charge in [-0.3, -0.25) is 10.1 Å². The Morgan fingerprint density at radius 1 is 1.38 bits per heavy atom. The molecule has 0 aliphatic heterocycles. The molecule has 0 spiro atoms. The summed E-state index contributed by atoms with van der Waals surface area (Å²) in [7, 11) is 1.41. The number of hydrogen-bond donors (Lipinski definition) is 1. The van der Waals surface area contributed by atoms with Crippen molar-refractivity contribution in [3.05, 3.63) is 62.9 Å². The van der Waals surface area contributed by atoms with Crippen LogP contribution in [0.4, 0.5) is 15.8 Å². The third-order valence-electron chi connectivity index (χ3n) is 2.90. The van der Waals surface area contributed by atoms with Crippen LogP contribution in [0, 0.1) is 15.9 Å².